The van der Waals surface area contributed by atoms with Crippen LogP contribution in [0, 0.1) is 5.41 Å². The van der Waals surface area contributed by atoms with Gasteiger partial charge >= 0.3 is 0 Å². The maximum atomic E-state index is 9.55. The summed E-state index contributed by atoms with van der Waals surface area (Å²) in [5.74, 6) is 0. The number of hydrogen-bond donors (Lipinski definition) is 1. The quantitative estimate of drug-likeness (QED) is 0.865. The molecule has 0 bridgehead atoms. The van der Waals surface area contributed by atoms with Crippen LogP contribution in [0.4, 0.5) is 5.69 Å². The minimum atomic E-state index is 0.215. The van der Waals surface area contributed by atoms with Crippen LogP contribution < -0.4 is 4.90 Å². The highest BCUT2D eigenvalue weighted by molar-refractivity contribution is 5.46. The molecule has 1 aromatic carbocycles. The molecule has 1 aliphatic heterocycles. The van der Waals surface area contributed by atoms with Crippen LogP contribution in [0.15, 0.2) is 30.3 Å². The summed E-state index contributed by atoms with van der Waals surface area (Å²) in [5, 5.41) is 9.55. The van der Waals surface area contributed by atoms with Gasteiger partial charge in [0.2, 0.25) is 0 Å². The number of hydrogen-bond acceptors (Lipinski definition) is 3. The molecule has 0 amide bonds. The van der Waals surface area contributed by atoms with Crippen molar-refractivity contribution in [2.75, 3.05) is 38.2 Å². The van der Waals surface area contributed by atoms with Crippen molar-refractivity contribution in [1.29, 1.82) is 0 Å². The Labute approximate surface area is 110 Å². The van der Waals surface area contributed by atoms with Gasteiger partial charge in [-0.15, -0.1) is 0 Å². The molecular weight excluding hydrogens is 224 g/mol. The Morgan fingerprint density at radius 3 is 2.50 bits per heavy atom. The molecule has 1 fully saturated rings. The highest BCUT2D eigenvalue weighted by Gasteiger charge is 2.32. The summed E-state index contributed by atoms with van der Waals surface area (Å²) in [6.45, 7) is 7.73. The second kappa shape index (κ2) is 5.29. The van der Waals surface area contributed by atoms with E-state index in [0.29, 0.717) is 0 Å². The average Bonchev–Trinajstić information content (AvgIpc) is 2.45. The van der Waals surface area contributed by atoms with Crippen LogP contribution in [0.1, 0.15) is 13.8 Å². The van der Waals surface area contributed by atoms with Gasteiger partial charge in [0, 0.05) is 31.4 Å². The van der Waals surface area contributed by atoms with E-state index in [0.717, 1.165) is 19.6 Å². The largest absolute Gasteiger partial charge is 0.395 e. The van der Waals surface area contributed by atoms with Crippen LogP contribution in [-0.2, 0) is 0 Å². The van der Waals surface area contributed by atoms with Gasteiger partial charge in [0.05, 0.1) is 6.61 Å². The van der Waals surface area contributed by atoms with Gasteiger partial charge in [0.1, 0.15) is 0 Å². The van der Waals surface area contributed by atoms with Crippen molar-refractivity contribution < 1.29 is 5.11 Å². The molecule has 100 valence electrons. The molecule has 1 heterocycles. The molecular formula is C15H24N2O. The Morgan fingerprint density at radius 1 is 1.22 bits per heavy atom. The van der Waals surface area contributed by atoms with Crippen LogP contribution in [0.25, 0.3) is 0 Å². The summed E-state index contributed by atoms with van der Waals surface area (Å²) in [4.78, 5) is 4.67. The number of aliphatic hydroxyl groups excluding tert-OH is 1. The maximum Gasteiger partial charge on any atom is 0.0604 e. The van der Waals surface area contributed by atoms with Gasteiger partial charge in [-0.3, -0.25) is 4.90 Å². The molecule has 1 N–H and O–H groups in total. The highest BCUT2D eigenvalue weighted by Crippen LogP contribution is 2.27. The lowest BCUT2D eigenvalue weighted by atomic mass is 9.92. The number of rotatable bonds is 2. The number of likely N-dealkylation sites (N-methyl/N-ethyl adjacent to an activating group) is 1. The molecule has 18 heavy (non-hydrogen) atoms. The van der Waals surface area contributed by atoms with Crippen LogP contribution >= 0.6 is 0 Å². The lowest BCUT2D eigenvalue weighted by Gasteiger charge is -2.31. The normalized spacial score (nSPS) is 24.9. The predicted molar refractivity (Wildman–Crippen MR) is 75.9 cm³/mol. The van der Waals surface area contributed by atoms with E-state index < -0.39 is 0 Å². The van der Waals surface area contributed by atoms with Crippen molar-refractivity contribution >= 4 is 5.69 Å². The molecule has 1 saturated heterocycles. The Hall–Kier alpha value is -1.06. The third-order valence-electron chi connectivity index (χ3n) is 3.68. The number of nitrogens with zero attached hydrogens (tertiary/aromatic N) is 2. The zero-order chi connectivity index (χ0) is 13.2. The molecule has 0 spiro atoms. The van der Waals surface area contributed by atoms with Gasteiger partial charge in [-0.25, -0.2) is 0 Å². The van der Waals surface area contributed by atoms with Crippen LogP contribution in [0.5, 0.6) is 0 Å². The minimum absolute atomic E-state index is 0.215. The fourth-order valence-electron chi connectivity index (χ4n) is 2.86. The van der Waals surface area contributed by atoms with Gasteiger partial charge < -0.3 is 10.0 Å². The van der Waals surface area contributed by atoms with Crippen molar-refractivity contribution in [3.8, 4) is 0 Å². The van der Waals surface area contributed by atoms with Crippen LogP contribution in [-0.4, -0.2) is 49.3 Å². The van der Waals surface area contributed by atoms with Gasteiger partial charge in [0.25, 0.3) is 0 Å². The Bertz CT molecular complexity index is 377. The zero-order valence-corrected chi connectivity index (χ0v) is 11.6. The van der Waals surface area contributed by atoms with Crippen LogP contribution in [0.2, 0.25) is 0 Å². The standard InChI is InChI=1S/C15H24N2O/c1-15(2)11-16(3)14(10-18)9-17(12-15)13-7-5-4-6-8-13/h4-8,14,18H,9-12H2,1-3H3. The summed E-state index contributed by atoms with van der Waals surface area (Å²) < 4.78 is 0. The molecule has 3 nitrogen and oxygen atoms in total. The second-order valence-corrected chi connectivity index (χ2v) is 6.13. The monoisotopic (exact) mass is 248 g/mol. The molecule has 2 rings (SSSR count). The van der Waals surface area contributed by atoms with Crippen molar-refractivity contribution in [1.82, 2.24) is 4.90 Å². The smallest absolute Gasteiger partial charge is 0.0604 e. The first-order chi connectivity index (χ1) is 8.52. The first kappa shape index (κ1) is 13.4. The van der Waals surface area contributed by atoms with Gasteiger partial charge in [-0.1, -0.05) is 32.0 Å². The van der Waals surface area contributed by atoms with Crippen LogP contribution in [0.3, 0.4) is 0 Å². The van der Waals surface area contributed by atoms with E-state index in [9.17, 15) is 5.11 Å². The Kier molecular flexibility index (Phi) is 3.93. The number of anilines is 1. The first-order valence-electron chi connectivity index (χ1n) is 6.63. The first-order valence-corrected chi connectivity index (χ1v) is 6.63. The van der Waals surface area contributed by atoms with E-state index in [-0.39, 0.29) is 18.1 Å². The second-order valence-electron chi connectivity index (χ2n) is 6.13. The fourth-order valence-corrected chi connectivity index (χ4v) is 2.86. The summed E-state index contributed by atoms with van der Waals surface area (Å²) in [5.41, 5.74) is 1.48. The molecule has 0 aromatic heterocycles. The van der Waals surface area contributed by atoms with Crippen molar-refractivity contribution in [2.24, 2.45) is 5.41 Å². The third kappa shape index (κ3) is 3.03. The SMILES string of the molecule is CN1CC(C)(C)CN(c2ccccc2)CC1CO. The summed E-state index contributed by atoms with van der Waals surface area (Å²) >= 11 is 0. The number of aliphatic hydroxyl groups is 1. The van der Waals surface area contributed by atoms with E-state index in [1.807, 2.05) is 6.07 Å². The van der Waals surface area contributed by atoms with Gasteiger partial charge in [0.15, 0.2) is 0 Å². The predicted octanol–water partition coefficient (Wildman–Crippen LogP) is 1.83. The van der Waals surface area contributed by atoms with Gasteiger partial charge in [-0.2, -0.15) is 0 Å². The minimum Gasteiger partial charge on any atom is -0.395 e. The lowest BCUT2D eigenvalue weighted by Crippen LogP contribution is -2.41. The molecule has 1 unspecified atom stereocenters. The molecule has 3 heteroatoms. The molecule has 0 radical (unpaired) electrons. The molecule has 1 atom stereocenters. The average molecular weight is 248 g/mol. The van der Waals surface area contributed by atoms with E-state index in [2.05, 4.69) is 55.0 Å². The summed E-state index contributed by atoms with van der Waals surface area (Å²) in [6, 6.07) is 10.7. The number of benzene rings is 1. The Morgan fingerprint density at radius 2 is 1.89 bits per heavy atom. The lowest BCUT2D eigenvalue weighted by molar-refractivity contribution is 0.133. The molecule has 0 aliphatic carbocycles. The summed E-state index contributed by atoms with van der Waals surface area (Å²) in [7, 11) is 2.11. The van der Waals surface area contributed by atoms with Crippen molar-refractivity contribution in [2.45, 2.75) is 19.9 Å². The summed E-state index contributed by atoms with van der Waals surface area (Å²) in [6.07, 6.45) is 0. The molecule has 1 aromatic rings. The topological polar surface area (TPSA) is 26.7 Å². The zero-order valence-electron chi connectivity index (χ0n) is 11.6. The number of para-hydroxylation sites is 1. The Balaban J connectivity index is 2.24. The van der Waals surface area contributed by atoms with E-state index in [1.165, 1.54) is 5.69 Å². The highest BCUT2D eigenvalue weighted by atomic mass is 16.3. The van der Waals surface area contributed by atoms with Crippen molar-refractivity contribution in [3.05, 3.63) is 30.3 Å². The van der Waals surface area contributed by atoms with Crippen molar-refractivity contribution in [3.63, 3.8) is 0 Å². The van der Waals surface area contributed by atoms with Gasteiger partial charge in [-0.05, 0) is 24.6 Å². The maximum absolute atomic E-state index is 9.55. The van der Waals surface area contributed by atoms with E-state index in [4.69, 9.17) is 0 Å². The van der Waals surface area contributed by atoms with E-state index in [1.54, 1.807) is 0 Å². The fraction of sp³-hybridized carbons (Fsp3) is 0.600. The molecule has 1 aliphatic rings. The van der Waals surface area contributed by atoms with E-state index >= 15 is 0 Å². The molecule has 0 saturated carbocycles. The third-order valence-corrected chi connectivity index (χ3v) is 3.68.